The molecule has 2 heterocycles. The van der Waals surface area contributed by atoms with Crippen LogP contribution in [0.3, 0.4) is 0 Å². The predicted octanol–water partition coefficient (Wildman–Crippen LogP) is -0.451. The van der Waals surface area contributed by atoms with E-state index >= 15 is 0 Å². The van der Waals surface area contributed by atoms with Crippen molar-refractivity contribution in [3.8, 4) is 0 Å². The molecule has 0 aromatic carbocycles. The molecule has 100 valence electrons. The lowest BCUT2D eigenvalue weighted by Gasteiger charge is -2.21. The van der Waals surface area contributed by atoms with Gasteiger partial charge in [0.1, 0.15) is 18.3 Å². The van der Waals surface area contributed by atoms with Gasteiger partial charge < -0.3 is 10.2 Å². The highest BCUT2D eigenvalue weighted by Crippen LogP contribution is 2.51. The molecule has 0 radical (unpaired) electrons. The molecule has 0 aliphatic carbocycles. The quantitative estimate of drug-likeness (QED) is 0.762. The van der Waals surface area contributed by atoms with E-state index < -0.39 is 34.9 Å². The summed E-state index contributed by atoms with van der Waals surface area (Å²) in [5.74, 6) is -3.35. The summed E-state index contributed by atoms with van der Waals surface area (Å²) in [5.41, 5.74) is -0.856. The maximum absolute atomic E-state index is 13.8. The van der Waals surface area contributed by atoms with Crippen LogP contribution in [0.5, 0.6) is 0 Å². The van der Waals surface area contributed by atoms with Gasteiger partial charge in [-0.2, -0.15) is 4.98 Å². The van der Waals surface area contributed by atoms with Crippen LogP contribution in [0, 0.1) is 6.92 Å². The van der Waals surface area contributed by atoms with Crippen molar-refractivity contribution in [2.45, 2.75) is 29.6 Å². The largest absolute Gasteiger partial charge is 0.395 e. The molecule has 1 aromatic rings. The number of aliphatic hydroxyl groups excluding tert-OH is 2. The van der Waals surface area contributed by atoms with E-state index in [4.69, 9.17) is 5.11 Å². The highest BCUT2D eigenvalue weighted by molar-refractivity contribution is 8.00. The zero-order valence-electron chi connectivity index (χ0n) is 9.33. The van der Waals surface area contributed by atoms with Gasteiger partial charge >= 0.3 is 11.6 Å². The average Bonchev–Trinajstić information content (AvgIpc) is 2.52. The summed E-state index contributed by atoms with van der Waals surface area (Å²) in [7, 11) is 0. The number of halogens is 2. The number of hydrogen-bond donors (Lipinski definition) is 2. The Labute approximate surface area is 105 Å². The Morgan fingerprint density at radius 3 is 2.78 bits per heavy atom. The second-order valence-corrected chi connectivity index (χ2v) is 5.25. The number of thioether (sulfide) groups is 1. The van der Waals surface area contributed by atoms with Gasteiger partial charge in [-0.1, -0.05) is 0 Å². The van der Waals surface area contributed by atoms with Gasteiger partial charge in [-0.3, -0.25) is 4.57 Å². The van der Waals surface area contributed by atoms with Crippen molar-refractivity contribution in [3.63, 3.8) is 0 Å². The third kappa shape index (κ3) is 2.02. The van der Waals surface area contributed by atoms with Crippen molar-refractivity contribution in [1.29, 1.82) is 0 Å². The molecule has 1 aliphatic rings. The Bertz CT molecular complexity index is 510. The average molecular weight is 279 g/mol. The van der Waals surface area contributed by atoms with Crippen LogP contribution in [0.2, 0.25) is 0 Å². The molecule has 1 saturated heterocycles. The minimum absolute atomic E-state index is 0.182. The molecule has 0 bridgehead atoms. The molecule has 1 fully saturated rings. The van der Waals surface area contributed by atoms with Gasteiger partial charge in [0.15, 0.2) is 5.37 Å². The van der Waals surface area contributed by atoms with E-state index in [0.29, 0.717) is 16.3 Å². The molecular formula is C9H11F2N3O3S. The molecule has 1 aliphatic heterocycles. The lowest BCUT2D eigenvalue weighted by molar-refractivity contribution is -0.114. The third-order valence-corrected chi connectivity index (χ3v) is 4.21. The first kappa shape index (κ1) is 13.4. The Kier molecular flexibility index (Phi) is 3.39. The molecule has 2 N–H and O–H groups in total. The van der Waals surface area contributed by atoms with Crippen molar-refractivity contribution >= 4 is 11.8 Å². The van der Waals surface area contributed by atoms with E-state index in [0.717, 1.165) is 6.33 Å². The van der Waals surface area contributed by atoms with E-state index in [1.165, 1.54) is 6.92 Å². The van der Waals surface area contributed by atoms with Gasteiger partial charge in [0.05, 0.1) is 11.9 Å². The molecule has 0 unspecified atom stereocenters. The fourth-order valence-corrected chi connectivity index (χ4v) is 3.04. The number of aliphatic hydroxyl groups is 2. The molecule has 1 aromatic heterocycles. The first-order valence-corrected chi connectivity index (χ1v) is 6.06. The highest BCUT2D eigenvalue weighted by Gasteiger charge is 2.58. The van der Waals surface area contributed by atoms with Gasteiger partial charge in [0, 0.05) is 0 Å². The molecule has 0 amide bonds. The summed E-state index contributed by atoms with van der Waals surface area (Å²) in [4.78, 5) is 18.7. The van der Waals surface area contributed by atoms with Crippen LogP contribution in [0.25, 0.3) is 0 Å². The van der Waals surface area contributed by atoms with Crippen molar-refractivity contribution < 1.29 is 19.0 Å². The van der Waals surface area contributed by atoms with Crippen molar-refractivity contribution in [1.82, 2.24) is 14.5 Å². The second kappa shape index (κ2) is 4.56. The number of alkyl halides is 2. The summed E-state index contributed by atoms with van der Waals surface area (Å²) >= 11 is 0.632. The molecule has 9 heteroatoms. The van der Waals surface area contributed by atoms with Crippen LogP contribution in [0.4, 0.5) is 8.78 Å². The van der Waals surface area contributed by atoms with Crippen molar-refractivity contribution in [3.05, 3.63) is 22.6 Å². The highest BCUT2D eigenvalue weighted by atomic mass is 32.2. The SMILES string of the molecule is Cc1ncn([C@@H]2S[C@H](CO)[C@@H](O)C2(F)F)c(=O)n1. The summed E-state index contributed by atoms with van der Waals surface area (Å²) in [5, 5.41) is 15.7. The van der Waals surface area contributed by atoms with E-state index in [1.54, 1.807) is 0 Å². The van der Waals surface area contributed by atoms with Crippen molar-refractivity contribution in [2.75, 3.05) is 6.61 Å². The lowest BCUT2D eigenvalue weighted by Crippen LogP contribution is -2.41. The fraction of sp³-hybridized carbons (Fsp3) is 0.667. The van der Waals surface area contributed by atoms with Crippen LogP contribution in [-0.2, 0) is 0 Å². The van der Waals surface area contributed by atoms with Gasteiger partial charge in [0.25, 0.3) is 0 Å². The normalized spacial score (nSPS) is 30.6. The van der Waals surface area contributed by atoms with Gasteiger partial charge in [-0.15, -0.1) is 11.8 Å². The minimum Gasteiger partial charge on any atom is -0.395 e. The Hall–Kier alpha value is -1.06. The van der Waals surface area contributed by atoms with Crippen LogP contribution in [-0.4, -0.2) is 48.6 Å². The molecule has 3 atom stereocenters. The van der Waals surface area contributed by atoms with Crippen molar-refractivity contribution in [2.24, 2.45) is 0 Å². The van der Waals surface area contributed by atoms with E-state index in [1.807, 2.05) is 0 Å². The van der Waals surface area contributed by atoms with Crippen LogP contribution in [0.15, 0.2) is 11.1 Å². The van der Waals surface area contributed by atoms with Gasteiger partial charge in [0.2, 0.25) is 0 Å². The fourth-order valence-electron chi connectivity index (χ4n) is 1.70. The predicted molar refractivity (Wildman–Crippen MR) is 59.5 cm³/mol. The third-order valence-electron chi connectivity index (χ3n) is 2.66. The summed E-state index contributed by atoms with van der Waals surface area (Å²) < 4.78 is 28.3. The van der Waals surface area contributed by atoms with Gasteiger partial charge in [-0.25, -0.2) is 18.6 Å². The van der Waals surface area contributed by atoms with Crippen LogP contribution in [0.1, 0.15) is 11.2 Å². The standard InChI is InChI=1S/C9H11F2N3O3S/c1-4-12-3-14(8(17)13-4)7-9(10,11)6(16)5(2-15)18-7/h3,5-7,15-16H,2H2,1H3/t5-,6-,7-/m1/s1. The minimum atomic E-state index is -3.53. The lowest BCUT2D eigenvalue weighted by atomic mass is 10.1. The number of aryl methyl sites for hydroxylation is 1. The zero-order chi connectivity index (χ0) is 13.5. The summed E-state index contributed by atoms with van der Waals surface area (Å²) in [6, 6.07) is 0. The maximum atomic E-state index is 13.8. The molecular weight excluding hydrogens is 268 g/mol. The van der Waals surface area contributed by atoms with Crippen LogP contribution >= 0.6 is 11.8 Å². The Morgan fingerprint density at radius 1 is 1.61 bits per heavy atom. The number of rotatable bonds is 2. The molecule has 0 saturated carbocycles. The summed E-state index contributed by atoms with van der Waals surface area (Å²) in [6.07, 6.45) is -1.03. The Morgan fingerprint density at radius 2 is 2.28 bits per heavy atom. The Balaban J connectivity index is 2.42. The number of hydrogen-bond acceptors (Lipinski definition) is 6. The van der Waals surface area contributed by atoms with E-state index in [9.17, 15) is 18.7 Å². The molecule has 2 rings (SSSR count). The number of nitrogens with zero attached hydrogens (tertiary/aromatic N) is 3. The zero-order valence-corrected chi connectivity index (χ0v) is 10.1. The first-order chi connectivity index (χ1) is 8.37. The number of aromatic nitrogens is 3. The smallest absolute Gasteiger partial charge is 0.351 e. The first-order valence-electron chi connectivity index (χ1n) is 5.12. The van der Waals surface area contributed by atoms with Gasteiger partial charge in [-0.05, 0) is 6.92 Å². The topological polar surface area (TPSA) is 88.2 Å². The van der Waals surface area contributed by atoms with E-state index in [2.05, 4.69) is 9.97 Å². The molecule has 18 heavy (non-hydrogen) atoms. The molecule has 6 nitrogen and oxygen atoms in total. The maximum Gasteiger partial charge on any atom is 0.351 e. The summed E-state index contributed by atoms with van der Waals surface area (Å²) in [6.45, 7) is 0.871. The van der Waals surface area contributed by atoms with E-state index in [-0.39, 0.29) is 5.82 Å². The second-order valence-electron chi connectivity index (χ2n) is 3.92. The van der Waals surface area contributed by atoms with Crippen LogP contribution < -0.4 is 5.69 Å². The monoisotopic (exact) mass is 279 g/mol. The molecule has 0 spiro atoms.